The number of aliphatic hydroxyl groups excluding tert-OH is 5. The summed E-state index contributed by atoms with van der Waals surface area (Å²) in [6.07, 6.45) is 54.8. The van der Waals surface area contributed by atoms with Gasteiger partial charge in [0.15, 0.2) is 6.29 Å². The first-order valence-corrected chi connectivity index (χ1v) is 32.5. The van der Waals surface area contributed by atoms with Crippen molar-refractivity contribution < 1.29 is 49.3 Å². The van der Waals surface area contributed by atoms with Gasteiger partial charge in [0.2, 0.25) is 5.91 Å². The lowest BCUT2D eigenvalue weighted by molar-refractivity contribution is -0.302. The number of carbonyl (C=O) groups excluding carboxylic acids is 2. The second-order valence-electron chi connectivity index (χ2n) is 22.8. The summed E-state index contributed by atoms with van der Waals surface area (Å²) < 4.78 is 16.7. The molecule has 1 saturated heterocycles. The molecule has 7 unspecified atom stereocenters. The van der Waals surface area contributed by atoms with E-state index >= 15 is 0 Å². The molecule has 0 aromatic heterocycles. The van der Waals surface area contributed by atoms with Gasteiger partial charge in [0.05, 0.1) is 32.0 Å². The van der Waals surface area contributed by atoms with E-state index in [1.165, 1.54) is 231 Å². The standard InChI is InChI=1S/C64H123NO10/c1-3-5-7-9-11-13-14-15-16-17-19-23-26-29-32-36-40-44-48-52-60(69)73-53-49-45-41-37-33-30-27-24-21-18-20-22-25-28-31-35-39-43-47-51-59(68)65-56(57(67)50-46-42-38-34-12-10-8-6-4-2)55-74-64-63(72)62(71)61(70)58(54-66)75-64/h46,50,56-58,61-64,66-67,70-72H,3-45,47-49,51-55H2,1-2H3,(H,65,68)/b50-46+. The lowest BCUT2D eigenvalue weighted by Crippen LogP contribution is -2.60. The molecule has 7 atom stereocenters. The van der Waals surface area contributed by atoms with E-state index in [4.69, 9.17) is 14.2 Å². The fraction of sp³-hybridized carbons (Fsp3) is 0.938. The minimum atomic E-state index is -1.57. The van der Waals surface area contributed by atoms with Crippen LogP contribution < -0.4 is 5.32 Å². The number of esters is 1. The Morgan fingerprint density at radius 1 is 0.480 bits per heavy atom. The van der Waals surface area contributed by atoms with Crippen molar-refractivity contribution in [2.75, 3.05) is 19.8 Å². The highest BCUT2D eigenvalue weighted by atomic mass is 16.7. The van der Waals surface area contributed by atoms with Gasteiger partial charge in [-0.05, 0) is 32.1 Å². The normalized spacial score (nSPS) is 18.7. The van der Waals surface area contributed by atoms with Gasteiger partial charge in [0.25, 0.3) is 0 Å². The number of allylic oxidation sites excluding steroid dienone is 1. The average molecular weight is 1070 g/mol. The molecule has 75 heavy (non-hydrogen) atoms. The van der Waals surface area contributed by atoms with Crippen LogP contribution in [-0.4, -0.2) is 100 Å². The van der Waals surface area contributed by atoms with Crippen LogP contribution in [0.5, 0.6) is 0 Å². The minimum Gasteiger partial charge on any atom is -0.466 e. The molecule has 1 aliphatic rings. The van der Waals surface area contributed by atoms with Crippen LogP contribution in [-0.2, 0) is 23.8 Å². The summed E-state index contributed by atoms with van der Waals surface area (Å²) in [6.45, 7) is 4.33. The molecule has 0 aromatic carbocycles. The summed E-state index contributed by atoms with van der Waals surface area (Å²) in [5.74, 6) is -0.185. The van der Waals surface area contributed by atoms with Crippen molar-refractivity contribution in [2.45, 2.75) is 365 Å². The van der Waals surface area contributed by atoms with Gasteiger partial charge in [0.1, 0.15) is 24.4 Å². The molecule has 0 aliphatic carbocycles. The molecule has 0 bridgehead atoms. The number of carbonyl (C=O) groups is 2. The van der Waals surface area contributed by atoms with Gasteiger partial charge in [-0.15, -0.1) is 0 Å². The van der Waals surface area contributed by atoms with Crippen molar-refractivity contribution >= 4 is 11.9 Å². The van der Waals surface area contributed by atoms with E-state index in [9.17, 15) is 35.1 Å². The molecular weight excluding hydrogens is 943 g/mol. The molecule has 6 N–H and O–H groups in total. The van der Waals surface area contributed by atoms with Gasteiger partial charge in [-0.25, -0.2) is 0 Å². The first kappa shape index (κ1) is 71.4. The number of amides is 1. The van der Waals surface area contributed by atoms with Crippen molar-refractivity contribution in [3.05, 3.63) is 12.2 Å². The first-order chi connectivity index (χ1) is 36.7. The van der Waals surface area contributed by atoms with Crippen LogP contribution in [0.2, 0.25) is 0 Å². The average Bonchev–Trinajstić information content (AvgIpc) is 3.41. The molecule has 1 fully saturated rings. The molecule has 11 nitrogen and oxygen atoms in total. The van der Waals surface area contributed by atoms with E-state index in [1.54, 1.807) is 6.08 Å². The summed E-state index contributed by atoms with van der Waals surface area (Å²) in [4.78, 5) is 25.1. The van der Waals surface area contributed by atoms with Crippen molar-refractivity contribution in [3.8, 4) is 0 Å². The summed E-state index contributed by atoms with van der Waals surface area (Å²) in [5.41, 5.74) is 0. The summed E-state index contributed by atoms with van der Waals surface area (Å²) in [7, 11) is 0. The Balaban J connectivity index is 1.96. The lowest BCUT2D eigenvalue weighted by Gasteiger charge is -2.40. The van der Waals surface area contributed by atoms with Crippen LogP contribution in [0.4, 0.5) is 0 Å². The van der Waals surface area contributed by atoms with Gasteiger partial charge in [-0.1, -0.05) is 289 Å². The van der Waals surface area contributed by atoms with Crippen LogP contribution in [0.25, 0.3) is 0 Å². The zero-order valence-electron chi connectivity index (χ0n) is 49.0. The molecular formula is C64H123NO10. The number of aliphatic hydroxyl groups is 5. The highest BCUT2D eigenvalue weighted by Crippen LogP contribution is 2.23. The molecule has 0 radical (unpaired) electrons. The Labute approximate surface area is 461 Å². The maximum Gasteiger partial charge on any atom is 0.305 e. The predicted molar refractivity (Wildman–Crippen MR) is 311 cm³/mol. The fourth-order valence-corrected chi connectivity index (χ4v) is 10.5. The van der Waals surface area contributed by atoms with E-state index < -0.39 is 49.5 Å². The molecule has 0 spiro atoms. The Morgan fingerprint density at radius 3 is 1.24 bits per heavy atom. The number of rotatable bonds is 57. The van der Waals surface area contributed by atoms with Crippen LogP contribution in [0, 0.1) is 0 Å². The van der Waals surface area contributed by atoms with Gasteiger partial charge in [-0.3, -0.25) is 9.59 Å². The van der Waals surface area contributed by atoms with Crippen molar-refractivity contribution in [1.29, 1.82) is 0 Å². The van der Waals surface area contributed by atoms with Gasteiger partial charge in [-0.2, -0.15) is 0 Å². The maximum absolute atomic E-state index is 13.0. The zero-order valence-corrected chi connectivity index (χ0v) is 49.0. The van der Waals surface area contributed by atoms with E-state index in [-0.39, 0.29) is 18.5 Å². The van der Waals surface area contributed by atoms with Crippen LogP contribution in [0.15, 0.2) is 12.2 Å². The van der Waals surface area contributed by atoms with E-state index in [0.717, 1.165) is 64.2 Å². The molecule has 0 saturated carbocycles. The highest BCUT2D eigenvalue weighted by molar-refractivity contribution is 5.76. The van der Waals surface area contributed by atoms with Gasteiger partial charge in [0, 0.05) is 12.8 Å². The Hall–Kier alpha value is -1.60. The van der Waals surface area contributed by atoms with Crippen molar-refractivity contribution in [1.82, 2.24) is 5.32 Å². The third-order valence-electron chi connectivity index (χ3n) is 15.7. The Kier molecular flexibility index (Phi) is 51.8. The smallest absolute Gasteiger partial charge is 0.305 e. The van der Waals surface area contributed by atoms with Gasteiger partial charge < -0.3 is 45.1 Å². The SMILES string of the molecule is CCCCCCCCC/C=C/C(O)C(COC1OC(CO)C(O)C(O)C1O)NC(=O)CCCCCCCCCCCCCCCCCCCCCOC(=O)CCCCCCCCCCCCCCCCCCCCC. The first-order valence-electron chi connectivity index (χ1n) is 32.5. The van der Waals surface area contributed by atoms with E-state index in [2.05, 4.69) is 19.2 Å². The van der Waals surface area contributed by atoms with E-state index in [0.29, 0.717) is 19.4 Å². The predicted octanol–water partition coefficient (Wildman–Crippen LogP) is 15.5. The van der Waals surface area contributed by atoms with Crippen LogP contribution in [0.3, 0.4) is 0 Å². The third kappa shape index (κ3) is 43.9. The van der Waals surface area contributed by atoms with Crippen LogP contribution in [0.1, 0.15) is 322 Å². The lowest BCUT2D eigenvalue weighted by atomic mass is 9.99. The number of hydrogen-bond donors (Lipinski definition) is 6. The van der Waals surface area contributed by atoms with Crippen LogP contribution >= 0.6 is 0 Å². The second-order valence-corrected chi connectivity index (χ2v) is 22.8. The second kappa shape index (κ2) is 54.4. The van der Waals surface area contributed by atoms with Crippen molar-refractivity contribution in [3.63, 3.8) is 0 Å². The quantitative estimate of drug-likeness (QED) is 0.0195. The maximum atomic E-state index is 13.0. The minimum absolute atomic E-state index is 0.000407. The highest BCUT2D eigenvalue weighted by Gasteiger charge is 2.44. The van der Waals surface area contributed by atoms with Gasteiger partial charge >= 0.3 is 5.97 Å². The topological polar surface area (TPSA) is 175 Å². The molecule has 1 amide bonds. The Morgan fingerprint density at radius 2 is 0.840 bits per heavy atom. The summed E-state index contributed by atoms with van der Waals surface area (Å²) in [6, 6.07) is -0.810. The van der Waals surface area contributed by atoms with Crippen molar-refractivity contribution in [2.24, 2.45) is 0 Å². The molecule has 0 aromatic rings. The molecule has 1 heterocycles. The fourth-order valence-electron chi connectivity index (χ4n) is 10.5. The zero-order chi connectivity index (χ0) is 54.5. The largest absolute Gasteiger partial charge is 0.466 e. The number of unbranched alkanes of at least 4 members (excludes halogenated alkanes) is 43. The Bertz CT molecular complexity index is 1250. The van der Waals surface area contributed by atoms with E-state index in [1.807, 2.05) is 6.08 Å². The molecule has 1 aliphatic heterocycles. The molecule has 444 valence electrons. The number of hydrogen-bond acceptors (Lipinski definition) is 10. The third-order valence-corrected chi connectivity index (χ3v) is 15.7. The number of ether oxygens (including phenoxy) is 3. The molecule has 11 heteroatoms. The summed E-state index contributed by atoms with van der Waals surface area (Å²) >= 11 is 0. The monoisotopic (exact) mass is 1070 g/mol. The molecule has 1 rings (SSSR count). The summed E-state index contributed by atoms with van der Waals surface area (Å²) in [5, 5.41) is 54.2. The number of nitrogens with one attached hydrogen (secondary N) is 1.